The average molecular weight is 852 g/mol. The molecule has 0 bridgehead atoms. The van der Waals surface area contributed by atoms with Crippen LogP contribution in [-0.4, -0.2) is 95.9 Å². The number of nitrogens with one attached hydrogen (secondary N) is 3. The van der Waals surface area contributed by atoms with Gasteiger partial charge in [-0.15, -0.1) is 0 Å². The summed E-state index contributed by atoms with van der Waals surface area (Å²) in [6.07, 6.45) is 4.72. The molecule has 2 aromatic carbocycles. The Bertz CT molecular complexity index is 2140. The van der Waals surface area contributed by atoms with E-state index in [0.717, 1.165) is 6.42 Å². The number of benzene rings is 2. The lowest BCUT2D eigenvalue weighted by Crippen LogP contribution is -2.60. The van der Waals surface area contributed by atoms with Crippen LogP contribution >= 0.6 is 0 Å². The largest absolute Gasteiger partial charge is 0.497 e. The third-order valence-corrected chi connectivity index (χ3v) is 13.7. The van der Waals surface area contributed by atoms with E-state index < -0.39 is 92.3 Å². The first-order chi connectivity index (χ1) is 28.5. The summed E-state index contributed by atoms with van der Waals surface area (Å²) in [4.78, 5) is 73.9. The van der Waals surface area contributed by atoms with Gasteiger partial charge in [0.1, 0.15) is 40.9 Å². The highest BCUT2D eigenvalue weighted by Crippen LogP contribution is 2.46. The lowest BCUT2D eigenvalue weighted by molar-refractivity contribution is -0.143. The lowest BCUT2D eigenvalue weighted by atomic mass is 10.00. The minimum atomic E-state index is -3.98. The van der Waals surface area contributed by atoms with Gasteiger partial charge in [-0.25, -0.2) is 22.4 Å². The molecule has 2 saturated carbocycles. The Morgan fingerprint density at radius 2 is 1.75 bits per heavy atom. The van der Waals surface area contributed by atoms with E-state index in [2.05, 4.69) is 15.4 Å². The van der Waals surface area contributed by atoms with Crippen molar-refractivity contribution in [3.63, 3.8) is 0 Å². The van der Waals surface area contributed by atoms with Crippen LogP contribution in [0.4, 0.5) is 14.0 Å². The normalized spacial score (nSPS) is 27.5. The maximum Gasteiger partial charge on any atom is 0.410 e. The number of carbonyl (C=O) groups excluding carboxylic acids is 5. The van der Waals surface area contributed by atoms with Crippen LogP contribution in [0.25, 0.3) is 0 Å². The fourth-order valence-electron chi connectivity index (χ4n) is 8.43. The van der Waals surface area contributed by atoms with E-state index in [9.17, 15) is 32.0 Å². The van der Waals surface area contributed by atoms with Crippen LogP contribution in [0.3, 0.4) is 0 Å². The number of alkyl carbamates (subject to hydrolysis) is 1. The summed E-state index contributed by atoms with van der Waals surface area (Å²) in [5, 5.41) is 4.93. The van der Waals surface area contributed by atoms with Gasteiger partial charge >= 0.3 is 12.2 Å². The van der Waals surface area contributed by atoms with Gasteiger partial charge < -0.3 is 29.7 Å². The van der Waals surface area contributed by atoms with Crippen LogP contribution in [0, 0.1) is 11.7 Å². The topological polar surface area (TPSA) is 190 Å². The number of halogens is 1. The molecule has 15 nitrogen and oxygen atoms in total. The van der Waals surface area contributed by atoms with Gasteiger partial charge in [-0.05, 0) is 95.0 Å². The van der Waals surface area contributed by atoms with Crippen molar-refractivity contribution in [2.45, 2.75) is 139 Å². The number of hydrogen-bond acceptors (Lipinski definition) is 10. The van der Waals surface area contributed by atoms with Crippen molar-refractivity contribution >= 4 is 39.9 Å². The molecule has 3 heterocycles. The number of methoxy groups -OCH3 is 1. The zero-order chi connectivity index (χ0) is 43.0. The van der Waals surface area contributed by atoms with Gasteiger partial charge in [0.15, 0.2) is 0 Å². The second-order valence-corrected chi connectivity index (χ2v) is 19.4. The van der Waals surface area contributed by atoms with E-state index in [0.29, 0.717) is 54.5 Å². The van der Waals surface area contributed by atoms with Crippen LogP contribution in [0.15, 0.2) is 54.6 Å². The highest BCUT2D eigenvalue weighted by Gasteiger charge is 2.62. The molecule has 7 rings (SSSR count). The molecule has 3 aliphatic heterocycles. The van der Waals surface area contributed by atoms with E-state index in [1.54, 1.807) is 57.2 Å². The molecule has 0 aromatic heterocycles. The summed E-state index contributed by atoms with van der Waals surface area (Å²) in [7, 11) is -2.45. The van der Waals surface area contributed by atoms with E-state index >= 15 is 4.79 Å². The second-order valence-electron chi connectivity index (χ2n) is 17.5. The number of allylic oxidation sites excluding steroid dienone is 1. The van der Waals surface area contributed by atoms with Crippen molar-refractivity contribution < 1.29 is 51.0 Å². The van der Waals surface area contributed by atoms with Crippen molar-refractivity contribution in [3.8, 4) is 5.75 Å². The maximum atomic E-state index is 15.2. The quantitative estimate of drug-likeness (QED) is 0.312. The molecule has 324 valence electrons. The van der Waals surface area contributed by atoms with Gasteiger partial charge in [0, 0.05) is 24.4 Å². The minimum Gasteiger partial charge on any atom is -0.497 e. The van der Waals surface area contributed by atoms with Crippen molar-refractivity contribution in [2.24, 2.45) is 5.92 Å². The van der Waals surface area contributed by atoms with Gasteiger partial charge in [0.2, 0.25) is 21.8 Å². The van der Waals surface area contributed by atoms with E-state index in [-0.39, 0.29) is 38.8 Å². The maximum absolute atomic E-state index is 15.2. The van der Waals surface area contributed by atoms with Gasteiger partial charge in [0.25, 0.3) is 5.91 Å². The Kier molecular flexibility index (Phi) is 12.2. The summed E-state index contributed by atoms with van der Waals surface area (Å²) in [6.45, 7) is 5.14. The number of sulfonamides is 1. The SMILES string of the molecule is COc1ccc(C[C@H]2[C@H](OC(=O)N3Cc4cccc(F)c4C3)CC3C(=O)NC4(C(=O)NS(=O)(=O)C5CC5)CC4/C=C\CCCCCC(NC(=O)OC(C)(C)C)C(=O)N32)cc1. The number of carbonyl (C=O) groups is 5. The molecule has 6 atom stereocenters. The standard InChI is InChI=1S/C43H54FN5O10S/c1-42(2,3)59-40(53)45-33-14-9-7-5-6-8-12-28-23-43(28,39(52)47-60(55,56)30-19-20-30)46-37(50)35-22-36(58-41(54)48-24-27-11-10-13-32(44)31(27)25-48)34(49(35)38(33)51)21-26-15-17-29(57-4)18-16-26/h8,10-13,15-18,28,30,33-36H,5-7,9,14,19-25H2,1-4H3,(H,45,53)(H,46,50)(H,47,52)/b12-8-/t28?,33?,34-,35?,36+,43?/m0/s1. The average Bonchev–Trinajstić information content (AvgIpc) is 4.09. The highest BCUT2D eigenvalue weighted by atomic mass is 32.2. The predicted molar refractivity (Wildman–Crippen MR) is 216 cm³/mol. The molecule has 5 amide bonds. The first kappa shape index (κ1) is 42.9. The molecule has 17 heteroatoms. The summed E-state index contributed by atoms with van der Waals surface area (Å²) in [5.74, 6) is -2.62. The molecular weight excluding hydrogens is 798 g/mol. The van der Waals surface area contributed by atoms with Gasteiger partial charge in [-0.3, -0.25) is 24.0 Å². The summed E-state index contributed by atoms with van der Waals surface area (Å²) in [6, 6.07) is 8.21. The fraction of sp³-hybridized carbons (Fsp3) is 0.558. The smallest absolute Gasteiger partial charge is 0.410 e. The first-order valence-electron chi connectivity index (χ1n) is 20.7. The third-order valence-electron chi connectivity index (χ3n) is 11.9. The molecule has 5 aliphatic rings. The number of hydrogen-bond donors (Lipinski definition) is 3. The van der Waals surface area contributed by atoms with Crippen molar-refractivity contribution in [2.75, 3.05) is 7.11 Å². The molecule has 0 radical (unpaired) electrons. The van der Waals surface area contributed by atoms with Gasteiger partial charge in [-0.2, -0.15) is 0 Å². The van der Waals surface area contributed by atoms with Crippen molar-refractivity contribution in [3.05, 3.63) is 77.1 Å². The molecule has 3 fully saturated rings. The zero-order valence-corrected chi connectivity index (χ0v) is 35.2. The lowest BCUT2D eigenvalue weighted by Gasteiger charge is -2.35. The molecule has 2 aromatic rings. The Labute approximate surface area is 349 Å². The highest BCUT2D eigenvalue weighted by molar-refractivity contribution is 7.91. The molecule has 2 aliphatic carbocycles. The number of ether oxygens (including phenoxy) is 3. The van der Waals surface area contributed by atoms with Crippen LogP contribution < -0.4 is 20.1 Å². The molecule has 4 unspecified atom stereocenters. The van der Waals surface area contributed by atoms with E-state index in [4.69, 9.17) is 14.2 Å². The molecule has 1 saturated heterocycles. The molecular formula is C43H54FN5O10S. The Morgan fingerprint density at radius 3 is 2.43 bits per heavy atom. The second kappa shape index (κ2) is 17.1. The van der Waals surface area contributed by atoms with Crippen LogP contribution in [-0.2, 0) is 53.4 Å². The van der Waals surface area contributed by atoms with Crippen molar-refractivity contribution in [1.29, 1.82) is 0 Å². The Hall–Kier alpha value is -5.19. The molecule has 3 N–H and O–H groups in total. The first-order valence-corrected chi connectivity index (χ1v) is 22.2. The predicted octanol–water partition coefficient (Wildman–Crippen LogP) is 4.76. The van der Waals surface area contributed by atoms with Crippen molar-refractivity contribution in [1.82, 2.24) is 25.2 Å². The number of nitrogens with zero attached hydrogens (tertiary/aromatic N) is 2. The van der Waals surface area contributed by atoms with E-state index in [1.165, 1.54) is 23.0 Å². The number of amides is 5. The van der Waals surface area contributed by atoms with Crippen LogP contribution in [0.2, 0.25) is 0 Å². The molecule has 60 heavy (non-hydrogen) atoms. The van der Waals surface area contributed by atoms with Crippen LogP contribution in [0.5, 0.6) is 5.75 Å². The fourth-order valence-corrected chi connectivity index (χ4v) is 9.79. The monoisotopic (exact) mass is 851 g/mol. The Morgan fingerprint density at radius 1 is 1.00 bits per heavy atom. The third kappa shape index (κ3) is 9.55. The number of rotatable bonds is 8. The number of fused-ring (bicyclic) bond motifs is 3. The summed E-state index contributed by atoms with van der Waals surface area (Å²) < 4.78 is 60.1. The zero-order valence-electron chi connectivity index (χ0n) is 34.4. The van der Waals surface area contributed by atoms with Gasteiger partial charge in [-0.1, -0.05) is 49.3 Å². The Balaban J connectivity index is 1.26. The minimum absolute atomic E-state index is 0.0402. The molecule has 0 spiro atoms. The van der Waals surface area contributed by atoms with Crippen LogP contribution in [0.1, 0.15) is 95.2 Å². The van der Waals surface area contributed by atoms with Gasteiger partial charge in [0.05, 0.1) is 24.9 Å². The summed E-state index contributed by atoms with van der Waals surface area (Å²) in [5.41, 5.74) is -0.787. The summed E-state index contributed by atoms with van der Waals surface area (Å²) >= 11 is 0. The van der Waals surface area contributed by atoms with E-state index in [1.807, 2.05) is 12.2 Å².